The second kappa shape index (κ2) is 7.81. The fourth-order valence-electron chi connectivity index (χ4n) is 2.31. The Morgan fingerprint density at radius 2 is 2.00 bits per heavy atom. The van der Waals surface area contributed by atoms with E-state index in [2.05, 4.69) is 15.6 Å². The normalized spacial score (nSPS) is 10.3. The zero-order valence-electron chi connectivity index (χ0n) is 14.1. The van der Waals surface area contributed by atoms with Gasteiger partial charge in [0.05, 0.1) is 12.8 Å². The summed E-state index contributed by atoms with van der Waals surface area (Å²) in [7, 11) is 1.65. The third-order valence-corrected chi connectivity index (χ3v) is 4.37. The van der Waals surface area contributed by atoms with Crippen molar-refractivity contribution in [3.8, 4) is 17.0 Å². The van der Waals surface area contributed by atoms with Crippen LogP contribution in [0, 0.1) is 0 Å². The number of hydrogen-bond acceptors (Lipinski definition) is 5. The van der Waals surface area contributed by atoms with Crippen LogP contribution in [0.15, 0.2) is 53.9 Å². The number of rotatable bonds is 6. The number of aromatic nitrogens is 1. The van der Waals surface area contributed by atoms with Crippen molar-refractivity contribution in [2.24, 2.45) is 0 Å². The lowest BCUT2D eigenvalue weighted by atomic mass is 10.1. The molecule has 0 atom stereocenters. The predicted molar refractivity (Wildman–Crippen MR) is 101 cm³/mol. The molecule has 0 unspecified atom stereocenters. The number of benzene rings is 2. The molecule has 25 heavy (non-hydrogen) atoms. The van der Waals surface area contributed by atoms with Gasteiger partial charge >= 0.3 is 0 Å². The van der Waals surface area contributed by atoms with E-state index in [9.17, 15) is 4.79 Å². The monoisotopic (exact) mass is 353 g/mol. The highest BCUT2D eigenvalue weighted by Crippen LogP contribution is 2.28. The smallest absolute Gasteiger partial charge is 0.217 e. The Morgan fingerprint density at radius 3 is 2.72 bits per heavy atom. The summed E-state index contributed by atoms with van der Waals surface area (Å²) in [6.07, 6.45) is 0. The average molecular weight is 353 g/mol. The standard InChI is InChI=1S/C19H19N3O2S/c1-13(23)20-11-14-6-8-15(9-7-14)18-12-25-19(22-18)21-16-4-3-5-17(10-16)24-2/h3-10,12H,11H2,1-2H3,(H,20,23)(H,21,22). The van der Waals surface area contributed by atoms with Gasteiger partial charge in [-0.05, 0) is 17.7 Å². The van der Waals surface area contributed by atoms with Gasteiger partial charge < -0.3 is 15.4 Å². The number of thiazole rings is 1. The molecule has 0 saturated carbocycles. The lowest BCUT2D eigenvalue weighted by molar-refractivity contribution is -0.119. The molecule has 1 heterocycles. The topological polar surface area (TPSA) is 63.2 Å². The van der Waals surface area contributed by atoms with E-state index in [-0.39, 0.29) is 5.91 Å². The highest BCUT2D eigenvalue weighted by molar-refractivity contribution is 7.14. The summed E-state index contributed by atoms with van der Waals surface area (Å²) in [5.41, 5.74) is 3.96. The average Bonchev–Trinajstić information content (AvgIpc) is 3.09. The van der Waals surface area contributed by atoms with Crippen molar-refractivity contribution in [3.05, 3.63) is 59.5 Å². The molecule has 0 spiro atoms. The number of amides is 1. The molecule has 128 valence electrons. The van der Waals surface area contributed by atoms with Crippen LogP contribution >= 0.6 is 11.3 Å². The molecule has 0 bridgehead atoms. The predicted octanol–water partition coefficient (Wildman–Crippen LogP) is 4.20. The zero-order chi connectivity index (χ0) is 17.6. The maximum Gasteiger partial charge on any atom is 0.217 e. The highest BCUT2D eigenvalue weighted by Gasteiger charge is 2.06. The van der Waals surface area contributed by atoms with Gasteiger partial charge in [-0.2, -0.15) is 0 Å². The molecule has 6 heteroatoms. The second-order valence-corrected chi connectivity index (χ2v) is 6.36. The summed E-state index contributed by atoms with van der Waals surface area (Å²) < 4.78 is 5.23. The molecular formula is C19H19N3O2S. The minimum atomic E-state index is -0.0307. The fraction of sp³-hybridized carbons (Fsp3) is 0.158. The van der Waals surface area contributed by atoms with E-state index in [0.29, 0.717) is 6.54 Å². The molecule has 3 rings (SSSR count). The van der Waals surface area contributed by atoms with E-state index in [4.69, 9.17) is 4.74 Å². The lowest BCUT2D eigenvalue weighted by Crippen LogP contribution is -2.18. The Hall–Kier alpha value is -2.86. The summed E-state index contributed by atoms with van der Waals surface area (Å²) in [5, 5.41) is 8.93. The number of nitrogens with zero attached hydrogens (tertiary/aromatic N) is 1. The highest BCUT2D eigenvalue weighted by atomic mass is 32.1. The van der Waals surface area contributed by atoms with Crippen molar-refractivity contribution in [1.82, 2.24) is 10.3 Å². The van der Waals surface area contributed by atoms with Crippen LogP contribution < -0.4 is 15.4 Å². The van der Waals surface area contributed by atoms with E-state index in [0.717, 1.165) is 33.4 Å². The number of carbonyl (C=O) groups excluding carboxylic acids is 1. The fourth-order valence-corrected chi connectivity index (χ4v) is 3.05. The van der Waals surface area contributed by atoms with Crippen LogP contribution in [0.3, 0.4) is 0 Å². The molecule has 2 N–H and O–H groups in total. The van der Waals surface area contributed by atoms with E-state index in [1.807, 2.05) is 53.9 Å². The van der Waals surface area contributed by atoms with Gasteiger partial charge in [-0.3, -0.25) is 4.79 Å². The van der Waals surface area contributed by atoms with Gasteiger partial charge in [0.25, 0.3) is 0 Å². The first-order valence-electron chi connectivity index (χ1n) is 7.84. The summed E-state index contributed by atoms with van der Waals surface area (Å²) in [6.45, 7) is 2.05. The van der Waals surface area contributed by atoms with Crippen LogP contribution in [0.5, 0.6) is 5.75 Å². The Labute approximate surface area is 150 Å². The molecule has 1 aromatic heterocycles. The Morgan fingerprint density at radius 1 is 1.20 bits per heavy atom. The third-order valence-electron chi connectivity index (χ3n) is 3.62. The van der Waals surface area contributed by atoms with Gasteiger partial charge in [-0.1, -0.05) is 30.3 Å². The number of carbonyl (C=O) groups is 1. The van der Waals surface area contributed by atoms with E-state index in [1.165, 1.54) is 6.92 Å². The molecule has 0 saturated heterocycles. The number of ether oxygens (including phenoxy) is 1. The van der Waals surface area contributed by atoms with Crippen molar-refractivity contribution in [2.75, 3.05) is 12.4 Å². The van der Waals surface area contributed by atoms with E-state index < -0.39 is 0 Å². The molecule has 0 radical (unpaired) electrons. The maximum atomic E-state index is 11.0. The first-order valence-corrected chi connectivity index (χ1v) is 8.72. The Kier molecular flexibility index (Phi) is 5.30. The van der Waals surface area contributed by atoms with Gasteiger partial charge in [-0.25, -0.2) is 4.98 Å². The van der Waals surface area contributed by atoms with Crippen LogP contribution in [0.25, 0.3) is 11.3 Å². The second-order valence-electron chi connectivity index (χ2n) is 5.50. The van der Waals surface area contributed by atoms with Gasteiger partial charge in [0, 0.05) is 36.2 Å². The van der Waals surface area contributed by atoms with Gasteiger partial charge in [-0.15, -0.1) is 11.3 Å². The van der Waals surface area contributed by atoms with E-state index >= 15 is 0 Å². The minimum Gasteiger partial charge on any atom is -0.497 e. The van der Waals surface area contributed by atoms with Gasteiger partial charge in [0.15, 0.2) is 5.13 Å². The number of nitrogens with one attached hydrogen (secondary N) is 2. The molecule has 0 aliphatic carbocycles. The number of hydrogen-bond donors (Lipinski definition) is 2. The summed E-state index contributed by atoms with van der Waals surface area (Å²) in [6, 6.07) is 15.8. The van der Waals surface area contributed by atoms with Crippen LogP contribution in [0.2, 0.25) is 0 Å². The van der Waals surface area contributed by atoms with Crippen molar-refractivity contribution in [3.63, 3.8) is 0 Å². The molecular weight excluding hydrogens is 334 g/mol. The zero-order valence-corrected chi connectivity index (χ0v) is 14.9. The molecule has 0 fully saturated rings. The molecule has 3 aromatic rings. The van der Waals surface area contributed by atoms with Crippen LogP contribution in [-0.4, -0.2) is 18.0 Å². The number of methoxy groups -OCH3 is 1. The first-order chi connectivity index (χ1) is 12.1. The van der Waals surface area contributed by atoms with Crippen molar-refractivity contribution < 1.29 is 9.53 Å². The largest absolute Gasteiger partial charge is 0.497 e. The van der Waals surface area contributed by atoms with Crippen molar-refractivity contribution >= 4 is 28.1 Å². The van der Waals surface area contributed by atoms with Gasteiger partial charge in [0.2, 0.25) is 5.91 Å². The maximum absolute atomic E-state index is 11.0. The van der Waals surface area contributed by atoms with E-state index in [1.54, 1.807) is 18.4 Å². The minimum absolute atomic E-state index is 0.0307. The summed E-state index contributed by atoms with van der Waals surface area (Å²) in [4.78, 5) is 15.6. The molecule has 2 aromatic carbocycles. The van der Waals surface area contributed by atoms with Crippen molar-refractivity contribution in [2.45, 2.75) is 13.5 Å². The Bertz CT molecular complexity index is 859. The van der Waals surface area contributed by atoms with Crippen LogP contribution in [-0.2, 0) is 11.3 Å². The SMILES string of the molecule is COc1cccc(Nc2nc(-c3ccc(CNC(C)=O)cc3)cs2)c1. The molecule has 1 amide bonds. The molecule has 5 nitrogen and oxygen atoms in total. The molecule has 0 aliphatic heterocycles. The third kappa shape index (κ3) is 4.58. The van der Waals surface area contributed by atoms with Gasteiger partial charge in [0.1, 0.15) is 5.75 Å². The van der Waals surface area contributed by atoms with Crippen LogP contribution in [0.1, 0.15) is 12.5 Å². The summed E-state index contributed by atoms with van der Waals surface area (Å²) >= 11 is 1.55. The quantitative estimate of drug-likeness (QED) is 0.697. The first kappa shape index (κ1) is 17.0. The Balaban J connectivity index is 1.69. The van der Waals surface area contributed by atoms with Crippen LogP contribution in [0.4, 0.5) is 10.8 Å². The summed E-state index contributed by atoms with van der Waals surface area (Å²) in [5.74, 6) is 0.772. The molecule has 0 aliphatic rings. The number of anilines is 2. The lowest BCUT2D eigenvalue weighted by Gasteiger charge is -2.05. The van der Waals surface area contributed by atoms with Crippen molar-refractivity contribution in [1.29, 1.82) is 0 Å².